The summed E-state index contributed by atoms with van der Waals surface area (Å²) >= 11 is 0. The summed E-state index contributed by atoms with van der Waals surface area (Å²) in [7, 11) is -2.97. The fraction of sp³-hybridized carbons (Fsp3) is 0.556. The highest BCUT2D eigenvalue weighted by Gasteiger charge is 2.68. The number of hydrogen-bond acceptors (Lipinski definition) is 11. The predicted octanol–water partition coefficient (Wildman–Crippen LogP) is 4.28. The van der Waals surface area contributed by atoms with E-state index >= 15 is 0 Å². The number of hydrogen-bond donors (Lipinski definition) is 2. The van der Waals surface area contributed by atoms with Crippen LogP contribution in [-0.2, 0) is 46.2 Å². The number of piperidine rings is 2. The average Bonchev–Trinajstić information content (AvgIpc) is 3.62. The molecule has 4 bridgehead atoms. The number of likely N-dealkylation sites (tertiary alicyclic amines) is 2. The maximum atomic E-state index is 14.9. The Morgan fingerprint density at radius 3 is 1.59 bits per heavy atom. The van der Waals surface area contributed by atoms with Gasteiger partial charge in [-0.2, -0.15) is 4.31 Å². The van der Waals surface area contributed by atoms with E-state index < -0.39 is 50.9 Å². The first-order chi connectivity index (χ1) is 24.4. The molecule has 51 heavy (non-hydrogen) atoms. The molecule has 8 aliphatic rings. The van der Waals surface area contributed by atoms with Gasteiger partial charge in [-0.15, -0.1) is 0 Å². The van der Waals surface area contributed by atoms with E-state index in [4.69, 9.17) is 32.3 Å². The van der Waals surface area contributed by atoms with Gasteiger partial charge in [-0.1, -0.05) is 36.4 Å². The third-order valence-corrected chi connectivity index (χ3v) is 16.0. The minimum atomic E-state index is -5.40. The minimum absolute atomic E-state index is 0.0699. The molecule has 0 aromatic heterocycles. The third-order valence-electron chi connectivity index (χ3n) is 13.4. The van der Waals surface area contributed by atoms with E-state index in [-0.39, 0.29) is 23.9 Å². The standard InChI is InChI=1S/C36H42N2O11P2/c1-37-15-13-35-21-7-11-27(33(35)45-31-25(43-3)9-5-19(29(31)35)17-23(21)37)47-51(42,49-50(39,40)41)48-28-12-8-22-24-18-20-6-10-26(44-4)32-30(20)36(22,34(28)46-32)14-16-38(24)2/h5-12,21-24,27-28,33-34H,13-18H2,1-4H3,(H2,39,40,41)/t21-,22-,23+,24+,27-,28-,33-,34-,35-,36-/m0/s1. The first-order valence-corrected chi connectivity index (χ1v) is 20.6. The predicted molar refractivity (Wildman–Crippen MR) is 183 cm³/mol. The zero-order valence-electron chi connectivity index (χ0n) is 28.8. The summed E-state index contributed by atoms with van der Waals surface area (Å²) in [5.41, 5.74) is 3.40. The van der Waals surface area contributed by atoms with Crippen molar-refractivity contribution >= 4 is 15.6 Å². The highest BCUT2D eigenvalue weighted by molar-refractivity contribution is 7.61. The molecule has 2 spiro atoms. The van der Waals surface area contributed by atoms with Crippen molar-refractivity contribution in [1.82, 2.24) is 9.80 Å². The second-order valence-corrected chi connectivity index (χ2v) is 18.4. The van der Waals surface area contributed by atoms with Gasteiger partial charge in [-0.05, 0) is 76.1 Å². The van der Waals surface area contributed by atoms with Crippen molar-refractivity contribution in [2.75, 3.05) is 41.4 Å². The molecule has 10 rings (SSSR count). The average molecular weight is 741 g/mol. The lowest BCUT2D eigenvalue weighted by Gasteiger charge is -2.57. The van der Waals surface area contributed by atoms with Crippen LogP contribution in [0.25, 0.3) is 0 Å². The van der Waals surface area contributed by atoms with Crippen LogP contribution >= 0.6 is 15.6 Å². The smallest absolute Gasteiger partial charge is 0.485 e. The summed E-state index contributed by atoms with van der Waals surface area (Å²) < 4.78 is 70.1. The lowest BCUT2D eigenvalue weighted by Crippen LogP contribution is -2.65. The normalized spacial score (nSPS) is 38.1. The van der Waals surface area contributed by atoms with Gasteiger partial charge < -0.3 is 38.5 Å². The van der Waals surface area contributed by atoms with Gasteiger partial charge in [0.15, 0.2) is 23.0 Å². The van der Waals surface area contributed by atoms with Crippen LogP contribution in [0.5, 0.6) is 23.0 Å². The number of nitrogens with zero attached hydrogens (tertiary/aromatic N) is 2. The van der Waals surface area contributed by atoms with Crippen molar-refractivity contribution in [3.05, 3.63) is 70.8 Å². The zero-order valence-corrected chi connectivity index (χ0v) is 30.6. The van der Waals surface area contributed by atoms with E-state index in [1.54, 1.807) is 26.4 Å². The second-order valence-electron chi connectivity index (χ2n) is 15.4. The van der Waals surface area contributed by atoms with E-state index in [1.807, 2.05) is 12.1 Å². The molecule has 2 fully saturated rings. The van der Waals surface area contributed by atoms with Gasteiger partial charge >= 0.3 is 15.6 Å². The van der Waals surface area contributed by atoms with Crippen LogP contribution in [0.4, 0.5) is 0 Å². The third kappa shape index (κ3) is 4.35. The maximum absolute atomic E-state index is 14.9. The summed E-state index contributed by atoms with van der Waals surface area (Å²) in [6.07, 6.45) is 7.48. The molecule has 13 nitrogen and oxygen atoms in total. The summed E-state index contributed by atoms with van der Waals surface area (Å²) in [6, 6.07) is 8.42. The summed E-state index contributed by atoms with van der Waals surface area (Å²) in [6.45, 7) is 1.62. The van der Waals surface area contributed by atoms with Crippen molar-refractivity contribution in [2.24, 2.45) is 11.8 Å². The Morgan fingerprint density at radius 1 is 0.725 bits per heavy atom. The van der Waals surface area contributed by atoms with Gasteiger partial charge in [0.05, 0.1) is 14.2 Å². The molecule has 15 heteroatoms. The number of rotatable bonds is 8. The first kappa shape index (κ1) is 32.9. The van der Waals surface area contributed by atoms with E-state index in [2.05, 4.69) is 48.2 Å². The number of likely N-dealkylation sites (N-methyl/N-ethyl adjacent to an activating group) is 2. The Bertz CT molecular complexity index is 1880. The summed E-state index contributed by atoms with van der Waals surface area (Å²) in [5, 5.41) is 0. The Hall–Kier alpha value is -2.70. The molecule has 4 aliphatic carbocycles. The number of phosphoric ester groups is 1. The highest BCUT2D eigenvalue weighted by atomic mass is 31.3. The molecule has 4 heterocycles. The Kier molecular flexibility index (Phi) is 7.06. The molecular weight excluding hydrogens is 698 g/mol. The van der Waals surface area contributed by atoms with E-state index in [0.29, 0.717) is 23.0 Å². The van der Waals surface area contributed by atoms with Crippen molar-refractivity contribution < 1.29 is 51.2 Å². The highest BCUT2D eigenvalue weighted by Crippen LogP contribution is 2.69. The SMILES string of the molecule is COc1ccc2c3c1O[C@H]1[C@@H](OP(=O)(O[C@H]4C=C[C@H]5[C@H]6Cc7ccc(OC)c8c7[C@@]5(CCN6C)[C@H]4O8)OP(=O)(O)O)C=C[C@H]4[C@@H](C2)N(C)CC[C@@]341. The quantitative estimate of drug-likeness (QED) is 0.294. The van der Waals surface area contributed by atoms with E-state index in [1.165, 1.54) is 11.1 Å². The van der Waals surface area contributed by atoms with Gasteiger partial charge in [0.2, 0.25) is 0 Å². The lowest BCUT2D eigenvalue weighted by molar-refractivity contribution is -0.0627. The Labute approximate surface area is 296 Å². The van der Waals surface area contributed by atoms with Crippen molar-refractivity contribution in [1.29, 1.82) is 0 Å². The van der Waals surface area contributed by atoms with E-state index in [9.17, 15) is 18.9 Å². The number of methoxy groups -OCH3 is 2. The molecule has 272 valence electrons. The van der Waals surface area contributed by atoms with Crippen LogP contribution in [0.2, 0.25) is 0 Å². The van der Waals surface area contributed by atoms with Gasteiger partial charge in [0, 0.05) is 45.9 Å². The first-order valence-electron chi connectivity index (χ1n) is 17.7. The van der Waals surface area contributed by atoms with Crippen LogP contribution in [0.1, 0.15) is 35.1 Å². The number of phosphoric acid groups is 2. The monoisotopic (exact) mass is 740 g/mol. The maximum Gasteiger partial charge on any atom is 0.485 e. The number of ether oxygens (including phenoxy) is 4. The molecule has 2 N–H and O–H groups in total. The fourth-order valence-electron chi connectivity index (χ4n) is 11.4. The number of benzene rings is 2. The molecule has 2 aromatic carbocycles. The zero-order chi connectivity index (χ0) is 35.2. The van der Waals surface area contributed by atoms with Crippen LogP contribution in [-0.4, -0.2) is 97.5 Å². The Balaban J connectivity index is 1.04. The van der Waals surface area contributed by atoms with Crippen molar-refractivity contribution in [3.63, 3.8) is 0 Å². The molecule has 2 aromatic rings. The van der Waals surface area contributed by atoms with Gasteiger partial charge in [-0.25, -0.2) is 9.13 Å². The van der Waals surface area contributed by atoms with Crippen LogP contribution in [0, 0.1) is 11.8 Å². The fourth-order valence-corrected chi connectivity index (χ4v) is 13.8. The molecular formula is C36H42N2O11P2. The minimum Gasteiger partial charge on any atom is -0.493 e. The van der Waals surface area contributed by atoms with Crippen LogP contribution in [0.3, 0.4) is 0 Å². The molecule has 4 aliphatic heterocycles. The molecule has 0 radical (unpaired) electrons. The molecule has 2 saturated heterocycles. The Morgan fingerprint density at radius 2 is 1.18 bits per heavy atom. The van der Waals surface area contributed by atoms with Crippen molar-refractivity contribution in [2.45, 2.75) is 73.0 Å². The van der Waals surface area contributed by atoms with Crippen molar-refractivity contribution in [3.8, 4) is 23.0 Å². The topological polar surface area (TPSA) is 146 Å². The largest absolute Gasteiger partial charge is 0.493 e. The van der Waals surface area contributed by atoms with Gasteiger partial charge in [0.1, 0.15) is 24.4 Å². The lowest BCUT2D eigenvalue weighted by atomic mass is 9.53. The van der Waals surface area contributed by atoms with E-state index in [0.717, 1.165) is 49.9 Å². The summed E-state index contributed by atoms with van der Waals surface area (Å²) in [5.74, 6) is 2.59. The van der Waals surface area contributed by atoms with Gasteiger partial charge in [-0.3, -0.25) is 9.05 Å². The molecule has 0 amide bonds. The molecule has 10 atom stereocenters. The van der Waals surface area contributed by atoms with Gasteiger partial charge in [0.25, 0.3) is 0 Å². The summed E-state index contributed by atoms with van der Waals surface area (Å²) in [4.78, 5) is 25.0. The second kappa shape index (κ2) is 10.9. The molecule has 0 saturated carbocycles. The van der Waals surface area contributed by atoms with Crippen LogP contribution < -0.4 is 18.9 Å². The molecule has 0 unspecified atom stereocenters. The van der Waals surface area contributed by atoms with Crippen LogP contribution in [0.15, 0.2) is 48.6 Å².